The minimum atomic E-state index is -0.223. The van der Waals surface area contributed by atoms with E-state index in [1.165, 1.54) is 12.1 Å². The van der Waals surface area contributed by atoms with Crippen molar-refractivity contribution < 1.29 is 8.81 Å². The van der Waals surface area contributed by atoms with E-state index in [2.05, 4.69) is 31.4 Å². The number of fused-ring (bicyclic) bond motifs is 1. The quantitative estimate of drug-likeness (QED) is 0.796. The van der Waals surface area contributed by atoms with Crippen LogP contribution in [-0.4, -0.2) is 18.6 Å². The molecule has 1 aromatic heterocycles. The van der Waals surface area contributed by atoms with Gasteiger partial charge in [-0.25, -0.2) is 4.39 Å². The third kappa shape index (κ3) is 4.55. The maximum absolute atomic E-state index is 13.2. The normalized spacial score (nSPS) is 12.2. The zero-order chi connectivity index (χ0) is 15.5. The fourth-order valence-electron chi connectivity index (χ4n) is 2.29. The monoisotopic (exact) mass is 292 g/mol. The SMILES string of the molecule is Cc1c(CNCCCNC(C)(C)C)oc2ccc(F)cc12. The van der Waals surface area contributed by atoms with E-state index in [-0.39, 0.29) is 11.4 Å². The highest BCUT2D eigenvalue weighted by molar-refractivity contribution is 5.82. The third-order valence-electron chi connectivity index (χ3n) is 3.47. The number of rotatable bonds is 6. The molecule has 0 aliphatic heterocycles. The van der Waals surface area contributed by atoms with Crippen LogP contribution in [0.1, 0.15) is 38.5 Å². The zero-order valence-electron chi connectivity index (χ0n) is 13.3. The Bertz CT molecular complexity index is 599. The lowest BCUT2D eigenvalue weighted by Crippen LogP contribution is -2.37. The molecule has 0 radical (unpaired) electrons. The minimum Gasteiger partial charge on any atom is -0.459 e. The Kier molecular flexibility index (Phi) is 5.01. The van der Waals surface area contributed by atoms with Gasteiger partial charge in [0.25, 0.3) is 0 Å². The van der Waals surface area contributed by atoms with Gasteiger partial charge in [-0.05, 0) is 71.0 Å². The average molecular weight is 292 g/mol. The first-order valence-corrected chi connectivity index (χ1v) is 7.50. The van der Waals surface area contributed by atoms with Gasteiger partial charge >= 0.3 is 0 Å². The summed E-state index contributed by atoms with van der Waals surface area (Å²) < 4.78 is 19.0. The number of nitrogens with one attached hydrogen (secondary N) is 2. The van der Waals surface area contributed by atoms with Gasteiger partial charge in [-0.1, -0.05) is 0 Å². The van der Waals surface area contributed by atoms with Crippen LogP contribution in [-0.2, 0) is 6.54 Å². The van der Waals surface area contributed by atoms with Gasteiger partial charge in [0.2, 0.25) is 0 Å². The number of halogens is 1. The molecule has 0 spiro atoms. The van der Waals surface area contributed by atoms with Crippen LogP contribution in [0.2, 0.25) is 0 Å². The van der Waals surface area contributed by atoms with Crippen molar-refractivity contribution in [3.63, 3.8) is 0 Å². The number of benzene rings is 1. The van der Waals surface area contributed by atoms with Crippen LogP contribution < -0.4 is 10.6 Å². The van der Waals surface area contributed by atoms with Gasteiger partial charge in [0.15, 0.2) is 0 Å². The van der Waals surface area contributed by atoms with Crippen LogP contribution in [0, 0.1) is 12.7 Å². The second kappa shape index (κ2) is 6.58. The van der Waals surface area contributed by atoms with Crippen LogP contribution in [0.15, 0.2) is 22.6 Å². The topological polar surface area (TPSA) is 37.2 Å². The summed E-state index contributed by atoms with van der Waals surface area (Å²) >= 11 is 0. The number of furan rings is 1. The second-order valence-electron chi connectivity index (χ2n) is 6.50. The van der Waals surface area contributed by atoms with Crippen LogP contribution in [0.4, 0.5) is 4.39 Å². The molecule has 0 aliphatic rings. The zero-order valence-corrected chi connectivity index (χ0v) is 13.3. The van der Waals surface area contributed by atoms with E-state index in [1.54, 1.807) is 6.07 Å². The summed E-state index contributed by atoms with van der Waals surface area (Å²) in [6.45, 7) is 11.1. The first kappa shape index (κ1) is 16.0. The van der Waals surface area contributed by atoms with Crippen molar-refractivity contribution in [2.75, 3.05) is 13.1 Å². The van der Waals surface area contributed by atoms with Crippen LogP contribution >= 0.6 is 0 Å². The lowest BCUT2D eigenvalue weighted by Gasteiger charge is -2.20. The molecule has 0 fully saturated rings. The average Bonchev–Trinajstić information content (AvgIpc) is 2.70. The summed E-state index contributed by atoms with van der Waals surface area (Å²) in [5, 5.41) is 7.69. The molecule has 4 heteroatoms. The molecule has 2 aromatic rings. The highest BCUT2D eigenvalue weighted by Gasteiger charge is 2.11. The van der Waals surface area contributed by atoms with Crippen molar-refractivity contribution in [1.29, 1.82) is 0 Å². The van der Waals surface area contributed by atoms with Crippen molar-refractivity contribution in [3.05, 3.63) is 35.3 Å². The van der Waals surface area contributed by atoms with Gasteiger partial charge in [-0.2, -0.15) is 0 Å². The molecule has 0 amide bonds. The maximum atomic E-state index is 13.2. The fourth-order valence-corrected chi connectivity index (χ4v) is 2.29. The predicted octanol–water partition coefficient (Wildman–Crippen LogP) is 3.75. The Labute approximate surface area is 125 Å². The smallest absolute Gasteiger partial charge is 0.134 e. The summed E-state index contributed by atoms with van der Waals surface area (Å²) in [4.78, 5) is 0. The van der Waals surface area contributed by atoms with Crippen LogP contribution in [0.25, 0.3) is 11.0 Å². The van der Waals surface area contributed by atoms with Gasteiger partial charge in [0.05, 0.1) is 6.54 Å². The Balaban J connectivity index is 1.83. The molecule has 1 heterocycles. The van der Waals surface area contributed by atoms with E-state index < -0.39 is 0 Å². The molecule has 0 bridgehead atoms. The molecule has 0 saturated carbocycles. The van der Waals surface area contributed by atoms with Gasteiger partial charge < -0.3 is 15.1 Å². The first-order valence-electron chi connectivity index (χ1n) is 7.50. The molecule has 2 N–H and O–H groups in total. The molecular formula is C17H25FN2O. The molecule has 0 unspecified atom stereocenters. The Morgan fingerprint density at radius 2 is 1.95 bits per heavy atom. The number of hydrogen-bond donors (Lipinski definition) is 2. The molecule has 0 saturated heterocycles. The Morgan fingerprint density at radius 3 is 2.67 bits per heavy atom. The van der Waals surface area contributed by atoms with Crippen molar-refractivity contribution in [1.82, 2.24) is 10.6 Å². The molecule has 116 valence electrons. The molecule has 3 nitrogen and oxygen atoms in total. The third-order valence-corrected chi connectivity index (χ3v) is 3.47. The largest absolute Gasteiger partial charge is 0.459 e. The van der Waals surface area contributed by atoms with Crippen LogP contribution in [0.5, 0.6) is 0 Å². The minimum absolute atomic E-state index is 0.166. The van der Waals surface area contributed by atoms with E-state index in [1.807, 2.05) is 6.92 Å². The molecular weight excluding hydrogens is 267 g/mol. The lowest BCUT2D eigenvalue weighted by atomic mass is 10.1. The lowest BCUT2D eigenvalue weighted by molar-refractivity contribution is 0.416. The molecule has 0 aliphatic carbocycles. The van der Waals surface area contributed by atoms with Crippen molar-refractivity contribution in [2.24, 2.45) is 0 Å². The summed E-state index contributed by atoms with van der Waals surface area (Å²) in [5.74, 6) is 0.665. The van der Waals surface area contributed by atoms with E-state index in [9.17, 15) is 4.39 Å². The van der Waals surface area contributed by atoms with Gasteiger partial charge in [0.1, 0.15) is 17.2 Å². The van der Waals surface area contributed by atoms with Crippen LogP contribution in [0.3, 0.4) is 0 Å². The Hall–Kier alpha value is -1.39. The Morgan fingerprint density at radius 1 is 1.19 bits per heavy atom. The second-order valence-corrected chi connectivity index (χ2v) is 6.50. The van der Waals surface area contributed by atoms with Crippen molar-refractivity contribution in [2.45, 2.75) is 46.2 Å². The predicted molar refractivity (Wildman–Crippen MR) is 85.0 cm³/mol. The fraction of sp³-hybridized carbons (Fsp3) is 0.529. The van der Waals surface area contributed by atoms with Gasteiger partial charge in [-0.15, -0.1) is 0 Å². The first-order chi connectivity index (χ1) is 9.87. The number of aryl methyl sites for hydroxylation is 1. The molecule has 0 atom stereocenters. The summed E-state index contributed by atoms with van der Waals surface area (Å²) in [7, 11) is 0. The summed E-state index contributed by atoms with van der Waals surface area (Å²) in [5.41, 5.74) is 1.93. The molecule has 2 rings (SSSR count). The standard InChI is InChI=1S/C17H25FN2O/c1-12-14-10-13(18)6-7-15(14)21-16(12)11-19-8-5-9-20-17(2,3)4/h6-7,10,19-20H,5,8-9,11H2,1-4H3. The summed E-state index contributed by atoms with van der Waals surface area (Å²) in [6, 6.07) is 4.65. The van der Waals surface area contributed by atoms with E-state index in [4.69, 9.17) is 4.42 Å². The van der Waals surface area contributed by atoms with E-state index in [0.29, 0.717) is 6.54 Å². The highest BCUT2D eigenvalue weighted by atomic mass is 19.1. The van der Waals surface area contributed by atoms with E-state index in [0.717, 1.165) is 41.8 Å². The van der Waals surface area contributed by atoms with Crippen molar-refractivity contribution in [3.8, 4) is 0 Å². The number of hydrogen-bond acceptors (Lipinski definition) is 3. The van der Waals surface area contributed by atoms with Gasteiger partial charge in [0, 0.05) is 10.9 Å². The molecule has 21 heavy (non-hydrogen) atoms. The van der Waals surface area contributed by atoms with E-state index >= 15 is 0 Å². The highest BCUT2D eigenvalue weighted by Crippen LogP contribution is 2.25. The van der Waals surface area contributed by atoms with Crippen molar-refractivity contribution >= 4 is 11.0 Å². The molecule has 1 aromatic carbocycles. The maximum Gasteiger partial charge on any atom is 0.134 e. The summed E-state index contributed by atoms with van der Waals surface area (Å²) in [6.07, 6.45) is 1.06. The van der Waals surface area contributed by atoms with Gasteiger partial charge in [-0.3, -0.25) is 0 Å².